The first kappa shape index (κ1) is 26.0. The molecule has 0 fully saturated rings. The number of nitrogens with zero attached hydrogens (tertiary/aromatic N) is 1. The molecular formula is C27H26N4O5S. The molecule has 5 N–H and O–H groups in total. The standard InChI is InChI=1S/C27H26N4O5S/c28-24-16-20-6-4-5-9-22(20)23(30-24)15-12-18-10-13-19(14-11-18)27(33)36-26(32)17-25(29)31-37(34,35)21-7-2-1-3-8-21/h1-11,13-14,16,25,31H,12,15,17,29H2,(H2,28,30)/t25-/m0/s1. The van der Waals surface area contributed by atoms with Gasteiger partial charge in [-0.2, -0.15) is 4.72 Å². The summed E-state index contributed by atoms with van der Waals surface area (Å²) in [6, 6.07) is 24.0. The Balaban J connectivity index is 1.31. The number of fused-ring (bicyclic) bond motifs is 1. The summed E-state index contributed by atoms with van der Waals surface area (Å²) in [6.45, 7) is 0. The van der Waals surface area contributed by atoms with Crippen LogP contribution in [0.1, 0.15) is 28.0 Å². The maximum atomic E-state index is 12.4. The highest BCUT2D eigenvalue weighted by Gasteiger charge is 2.21. The van der Waals surface area contributed by atoms with Crippen LogP contribution < -0.4 is 16.2 Å². The van der Waals surface area contributed by atoms with Crippen molar-refractivity contribution in [2.24, 2.45) is 5.73 Å². The third kappa shape index (κ3) is 6.76. The van der Waals surface area contributed by atoms with E-state index in [9.17, 15) is 18.0 Å². The lowest BCUT2D eigenvalue weighted by atomic mass is 10.0. The number of aryl methyl sites for hydroxylation is 2. The molecule has 0 spiro atoms. The zero-order valence-corrected chi connectivity index (χ0v) is 20.6. The molecule has 0 bridgehead atoms. The monoisotopic (exact) mass is 518 g/mol. The smallest absolute Gasteiger partial charge is 0.345 e. The van der Waals surface area contributed by atoms with Crippen molar-refractivity contribution >= 4 is 38.6 Å². The van der Waals surface area contributed by atoms with Crippen LogP contribution in [0.4, 0.5) is 5.82 Å². The van der Waals surface area contributed by atoms with Crippen LogP contribution in [0.5, 0.6) is 0 Å². The summed E-state index contributed by atoms with van der Waals surface area (Å²) in [6.07, 6.45) is -0.447. The van der Waals surface area contributed by atoms with Crippen LogP contribution in [0.3, 0.4) is 0 Å². The van der Waals surface area contributed by atoms with Crippen LogP contribution in [0.15, 0.2) is 89.8 Å². The number of hydrogen-bond acceptors (Lipinski definition) is 8. The fourth-order valence-electron chi connectivity index (χ4n) is 3.85. The molecule has 0 aliphatic carbocycles. The molecule has 0 amide bonds. The van der Waals surface area contributed by atoms with E-state index in [0.717, 1.165) is 22.0 Å². The molecular weight excluding hydrogens is 492 g/mol. The molecule has 1 heterocycles. The minimum absolute atomic E-state index is 0.00897. The van der Waals surface area contributed by atoms with Gasteiger partial charge < -0.3 is 16.2 Å². The summed E-state index contributed by atoms with van der Waals surface area (Å²) in [5, 5.41) is 2.07. The third-order valence-electron chi connectivity index (χ3n) is 5.63. The van der Waals surface area contributed by atoms with Crippen molar-refractivity contribution in [3.05, 3.63) is 102 Å². The predicted octanol–water partition coefficient (Wildman–Crippen LogP) is 2.94. The highest BCUT2D eigenvalue weighted by Crippen LogP contribution is 2.21. The van der Waals surface area contributed by atoms with E-state index < -0.39 is 34.5 Å². The van der Waals surface area contributed by atoms with Crippen molar-refractivity contribution in [3.63, 3.8) is 0 Å². The maximum absolute atomic E-state index is 12.4. The van der Waals surface area contributed by atoms with E-state index in [2.05, 4.69) is 9.71 Å². The summed E-state index contributed by atoms with van der Waals surface area (Å²) < 4.78 is 31.6. The molecule has 0 aliphatic rings. The molecule has 37 heavy (non-hydrogen) atoms. The zero-order chi connectivity index (χ0) is 26.4. The minimum Gasteiger partial charge on any atom is -0.389 e. The van der Waals surface area contributed by atoms with Gasteiger partial charge in [-0.15, -0.1) is 0 Å². The average molecular weight is 519 g/mol. The number of esters is 2. The van der Waals surface area contributed by atoms with Gasteiger partial charge in [-0.1, -0.05) is 54.6 Å². The fourth-order valence-corrected chi connectivity index (χ4v) is 4.98. The second kappa shape index (κ2) is 11.3. The van der Waals surface area contributed by atoms with Crippen LogP contribution in [-0.2, 0) is 32.4 Å². The zero-order valence-electron chi connectivity index (χ0n) is 19.8. The van der Waals surface area contributed by atoms with Gasteiger partial charge in [-0.25, -0.2) is 18.2 Å². The van der Waals surface area contributed by atoms with E-state index in [1.165, 1.54) is 12.1 Å². The summed E-state index contributed by atoms with van der Waals surface area (Å²) in [5.41, 5.74) is 13.7. The summed E-state index contributed by atoms with van der Waals surface area (Å²) in [5.74, 6) is -1.33. The number of ether oxygens (including phenoxy) is 1. The number of nitrogens with one attached hydrogen (secondary N) is 1. The molecule has 0 saturated heterocycles. The third-order valence-corrected chi connectivity index (χ3v) is 7.14. The number of aromatic nitrogens is 1. The summed E-state index contributed by atoms with van der Waals surface area (Å²) >= 11 is 0. The Bertz CT molecular complexity index is 1520. The van der Waals surface area contributed by atoms with Crippen molar-refractivity contribution in [1.29, 1.82) is 0 Å². The van der Waals surface area contributed by atoms with Crippen LogP contribution >= 0.6 is 0 Å². The van der Waals surface area contributed by atoms with Gasteiger partial charge in [0.2, 0.25) is 10.0 Å². The highest BCUT2D eigenvalue weighted by atomic mass is 32.2. The van der Waals surface area contributed by atoms with Gasteiger partial charge in [0.15, 0.2) is 0 Å². The first-order valence-electron chi connectivity index (χ1n) is 11.5. The second-order valence-corrected chi connectivity index (χ2v) is 10.1. The Kier molecular flexibility index (Phi) is 7.92. The van der Waals surface area contributed by atoms with E-state index in [1.54, 1.807) is 42.5 Å². The lowest BCUT2D eigenvalue weighted by Crippen LogP contribution is -2.43. The normalized spacial score (nSPS) is 12.2. The second-order valence-electron chi connectivity index (χ2n) is 8.42. The van der Waals surface area contributed by atoms with E-state index in [1.807, 2.05) is 30.3 Å². The van der Waals surface area contributed by atoms with Gasteiger partial charge in [0, 0.05) is 5.39 Å². The number of nitrogens with two attached hydrogens (primary N) is 2. The first-order valence-corrected chi connectivity index (χ1v) is 13.0. The molecule has 9 nitrogen and oxygen atoms in total. The van der Waals surface area contributed by atoms with Gasteiger partial charge >= 0.3 is 11.9 Å². The molecule has 1 aromatic heterocycles. The van der Waals surface area contributed by atoms with Crippen molar-refractivity contribution in [3.8, 4) is 0 Å². The number of hydrogen-bond donors (Lipinski definition) is 3. The number of pyridine rings is 1. The van der Waals surface area contributed by atoms with E-state index in [-0.39, 0.29) is 10.5 Å². The molecule has 1 atom stereocenters. The first-order chi connectivity index (χ1) is 17.7. The number of benzene rings is 3. The van der Waals surface area contributed by atoms with E-state index >= 15 is 0 Å². The number of carbonyl (C=O) groups excluding carboxylic acids is 2. The quantitative estimate of drug-likeness (QED) is 0.174. The Hall–Kier alpha value is -4.12. The number of rotatable bonds is 9. The molecule has 3 aromatic carbocycles. The van der Waals surface area contributed by atoms with Crippen molar-refractivity contribution in [2.75, 3.05) is 5.73 Å². The van der Waals surface area contributed by atoms with Crippen molar-refractivity contribution in [1.82, 2.24) is 9.71 Å². The molecule has 10 heteroatoms. The molecule has 4 rings (SSSR count). The lowest BCUT2D eigenvalue weighted by Gasteiger charge is -2.13. The van der Waals surface area contributed by atoms with E-state index in [0.29, 0.717) is 18.7 Å². The maximum Gasteiger partial charge on any atom is 0.345 e. The van der Waals surface area contributed by atoms with Gasteiger partial charge in [0.05, 0.1) is 28.7 Å². The molecule has 0 radical (unpaired) electrons. The summed E-state index contributed by atoms with van der Waals surface area (Å²) in [7, 11) is -3.91. The largest absolute Gasteiger partial charge is 0.389 e. The molecule has 4 aromatic rings. The van der Waals surface area contributed by atoms with Crippen molar-refractivity contribution in [2.45, 2.75) is 30.3 Å². The molecule has 0 saturated carbocycles. The van der Waals surface area contributed by atoms with Crippen LogP contribution in [-0.4, -0.2) is 31.5 Å². The molecule has 0 unspecified atom stereocenters. The average Bonchev–Trinajstić information content (AvgIpc) is 2.87. The van der Waals surface area contributed by atoms with Gasteiger partial charge in [0.1, 0.15) is 5.82 Å². The number of anilines is 1. The lowest BCUT2D eigenvalue weighted by molar-refractivity contribution is -0.138. The van der Waals surface area contributed by atoms with Crippen molar-refractivity contribution < 1.29 is 22.7 Å². The Labute approximate surface area is 214 Å². The Morgan fingerprint density at radius 3 is 2.32 bits per heavy atom. The molecule has 0 aliphatic heterocycles. The topological polar surface area (TPSA) is 154 Å². The molecule has 190 valence electrons. The van der Waals surface area contributed by atoms with Crippen LogP contribution in [0.25, 0.3) is 10.8 Å². The summed E-state index contributed by atoms with van der Waals surface area (Å²) in [4.78, 5) is 29.0. The number of carbonyl (C=O) groups is 2. The Morgan fingerprint density at radius 2 is 1.59 bits per heavy atom. The predicted molar refractivity (Wildman–Crippen MR) is 140 cm³/mol. The van der Waals surface area contributed by atoms with Crippen LogP contribution in [0.2, 0.25) is 0 Å². The minimum atomic E-state index is -3.91. The highest BCUT2D eigenvalue weighted by molar-refractivity contribution is 7.89. The Morgan fingerprint density at radius 1 is 0.919 bits per heavy atom. The fraction of sp³-hybridized carbons (Fsp3) is 0.148. The SMILES string of the molecule is Nc1cc2ccccc2c(CCc2ccc(C(=O)OC(=O)C[C@@H](N)NS(=O)(=O)c3ccccc3)cc2)n1. The number of nitrogen functional groups attached to an aromatic ring is 1. The number of sulfonamides is 1. The van der Waals surface area contributed by atoms with Gasteiger partial charge in [0.25, 0.3) is 0 Å². The van der Waals surface area contributed by atoms with E-state index in [4.69, 9.17) is 16.2 Å². The van der Waals surface area contributed by atoms with Gasteiger partial charge in [-0.3, -0.25) is 4.79 Å². The van der Waals surface area contributed by atoms with Gasteiger partial charge in [-0.05, 0) is 54.1 Å². The van der Waals surface area contributed by atoms with Crippen LogP contribution in [0, 0.1) is 0 Å².